The fourth-order valence-electron chi connectivity index (χ4n) is 2.98. The third kappa shape index (κ3) is 2.64. The fourth-order valence-corrected chi connectivity index (χ4v) is 2.98. The largest absolute Gasteiger partial charge is 0.299 e. The van der Waals surface area contributed by atoms with Crippen molar-refractivity contribution < 1.29 is 9.59 Å². The molecule has 0 aromatic heterocycles. The number of rotatable bonds is 3. The number of benzene rings is 2. The molecule has 1 atom stereocenters. The van der Waals surface area contributed by atoms with Gasteiger partial charge in [0.2, 0.25) is 0 Å². The first-order valence-electron chi connectivity index (χ1n) is 7.29. The molecule has 0 saturated heterocycles. The number of Topliss-reactive ketones (excluding diaryl/α,β-unsaturated/α-hetero) is 2. The Labute approximate surface area is 118 Å². The highest BCUT2D eigenvalue weighted by molar-refractivity contribution is 6.01. The van der Waals surface area contributed by atoms with E-state index < -0.39 is 0 Å². The smallest absolute Gasteiger partial charge is 0.163 e. The number of carbonyl (C=O) groups excluding carboxylic acids is 2. The molecule has 0 radical (unpaired) electrons. The van der Waals surface area contributed by atoms with E-state index in [0.717, 1.165) is 35.6 Å². The van der Waals surface area contributed by atoms with Crippen LogP contribution in [-0.2, 0) is 4.79 Å². The van der Waals surface area contributed by atoms with Gasteiger partial charge in [-0.25, -0.2) is 0 Å². The molecule has 2 nitrogen and oxygen atoms in total. The van der Waals surface area contributed by atoms with Gasteiger partial charge < -0.3 is 0 Å². The van der Waals surface area contributed by atoms with Crippen molar-refractivity contribution in [2.45, 2.75) is 32.1 Å². The van der Waals surface area contributed by atoms with E-state index in [1.54, 1.807) is 0 Å². The van der Waals surface area contributed by atoms with Gasteiger partial charge in [0.1, 0.15) is 5.78 Å². The molecule has 1 fully saturated rings. The van der Waals surface area contributed by atoms with E-state index in [4.69, 9.17) is 0 Å². The molecule has 0 aliphatic heterocycles. The van der Waals surface area contributed by atoms with Crippen molar-refractivity contribution in [3.63, 3.8) is 0 Å². The highest BCUT2D eigenvalue weighted by Gasteiger charge is 2.25. The molecule has 0 bridgehead atoms. The van der Waals surface area contributed by atoms with Gasteiger partial charge in [0.05, 0.1) is 0 Å². The van der Waals surface area contributed by atoms with Crippen molar-refractivity contribution in [1.29, 1.82) is 0 Å². The lowest BCUT2D eigenvalue weighted by molar-refractivity contribution is -0.124. The molecular formula is C18H18O2. The molecule has 0 spiro atoms. The molecule has 1 saturated carbocycles. The second-order valence-corrected chi connectivity index (χ2v) is 5.60. The quantitative estimate of drug-likeness (QED) is 0.781. The first-order chi connectivity index (χ1) is 9.74. The molecule has 20 heavy (non-hydrogen) atoms. The minimum absolute atomic E-state index is 0.0530. The van der Waals surface area contributed by atoms with Crippen molar-refractivity contribution in [3.05, 3.63) is 48.0 Å². The minimum Gasteiger partial charge on any atom is -0.299 e. The Hall–Kier alpha value is -1.96. The van der Waals surface area contributed by atoms with Gasteiger partial charge in [-0.05, 0) is 29.7 Å². The van der Waals surface area contributed by atoms with E-state index in [1.165, 1.54) is 0 Å². The van der Waals surface area contributed by atoms with E-state index in [0.29, 0.717) is 12.8 Å². The topological polar surface area (TPSA) is 34.1 Å². The van der Waals surface area contributed by atoms with Crippen LogP contribution >= 0.6 is 0 Å². The lowest BCUT2D eigenvalue weighted by Gasteiger charge is -2.19. The normalized spacial score (nSPS) is 19.2. The molecule has 1 aliphatic rings. The zero-order valence-electron chi connectivity index (χ0n) is 11.5. The van der Waals surface area contributed by atoms with Crippen LogP contribution < -0.4 is 0 Å². The molecule has 102 valence electrons. The van der Waals surface area contributed by atoms with Crippen molar-refractivity contribution in [3.8, 4) is 0 Å². The zero-order valence-corrected chi connectivity index (χ0v) is 11.5. The Bertz CT molecular complexity index is 657. The maximum atomic E-state index is 12.3. The van der Waals surface area contributed by atoms with Gasteiger partial charge in [0.15, 0.2) is 5.78 Å². The summed E-state index contributed by atoms with van der Waals surface area (Å²) in [6.07, 6.45) is 3.95. The highest BCUT2D eigenvalue weighted by atomic mass is 16.1. The standard InChI is InChI=1S/C18H18O2/c19-17-8-4-3-7-15(17)12-18(20)16-10-9-13-5-1-2-6-14(13)11-16/h1-2,5-6,9-11,15H,3-4,7-8,12H2/t15-/m0/s1. The number of carbonyl (C=O) groups is 2. The summed E-state index contributed by atoms with van der Waals surface area (Å²) in [4.78, 5) is 24.2. The Kier molecular flexibility index (Phi) is 3.64. The van der Waals surface area contributed by atoms with E-state index in [9.17, 15) is 9.59 Å². The van der Waals surface area contributed by atoms with Crippen LogP contribution in [0.25, 0.3) is 10.8 Å². The van der Waals surface area contributed by atoms with Gasteiger partial charge in [-0.2, -0.15) is 0 Å². The van der Waals surface area contributed by atoms with Gasteiger partial charge in [0, 0.05) is 24.3 Å². The third-order valence-corrected chi connectivity index (χ3v) is 4.18. The van der Waals surface area contributed by atoms with E-state index in [-0.39, 0.29) is 17.5 Å². The summed E-state index contributed by atoms with van der Waals surface area (Å²) in [5.74, 6) is 0.309. The van der Waals surface area contributed by atoms with Gasteiger partial charge in [-0.15, -0.1) is 0 Å². The summed E-state index contributed by atoms with van der Waals surface area (Å²) in [5, 5.41) is 2.21. The second-order valence-electron chi connectivity index (χ2n) is 5.60. The Morgan fingerprint density at radius 1 is 1.05 bits per heavy atom. The molecule has 0 heterocycles. The summed E-state index contributed by atoms with van der Waals surface area (Å²) in [6.45, 7) is 0. The van der Waals surface area contributed by atoms with Crippen LogP contribution in [0.2, 0.25) is 0 Å². The Morgan fingerprint density at radius 2 is 1.85 bits per heavy atom. The van der Waals surface area contributed by atoms with E-state index >= 15 is 0 Å². The predicted molar refractivity (Wildman–Crippen MR) is 79.9 cm³/mol. The summed E-state index contributed by atoms with van der Waals surface area (Å²) in [6, 6.07) is 13.8. The fraction of sp³-hybridized carbons (Fsp3) is 0.333. The van der Waals surface area contributed by atoms with Crippen LogP contribution in [0.15, 0.2) is 42.5 Å². The van der Waals surface area contributed by atoms with Crippen LogP contribution in [0, 0.1) is 5.92 Å². The minimum atomic E-state index is -0.0530. The molecule has 2 aromatic rings. The van der Waals surface area contributed by atoms with Crippen LogP contribution in [0.5, 0.6) is 0 Å². The summed E-state index contributed by atoms with van der Waals surface area (Å²) in [7, 11) is 0. The van der Waals surface area contributed by atoms with Crippen molar-refractivity contribution in [2.24, 2.45) is 5.92 Å². The number of hydrogen-bond donors (Lipinski definition) is 0. The summed E-state index contributed by atoms with van der Waals surface area (Å²) < 4.78 is 0. The molecule has 2 heteroatoms. The molecule has 2 aromatic carbocycles. The molecule has 1 aliphatic carbocycles. The molecular weight excluding hydrogens is 248 g/mol. The Morgan fingerprint density at radius 3 is 2.65 bits per heavy atom. The lowest BCUT2D eigenvalue weighted by atomic mass is 9.83. The average Bonchev–Trinajstić information content (AvgIpc) is 2.49. The van der Waals surface area contributed by atoms with Gasteiger partial charge in [-0.3, -0.25) is 9.59 Å². The number of ketones is 2. The number of hydrogen-bond acceptors (Lipinski definition) is 2. The summed E-state index contributed by atoms with van der Waals surface area (Å²) in [5.41, 5.74) is 0.724. The molecule has 0 N–H and O–H groups in total. The van der Waals surface area contributed by atoms with Crippen LogP contribution in [0.3, 0.4) is 0 Å². The maximum absolute atomic E-state index is 12.3. The monoisotopic (exact) mass is 266 g/mol. The van der Waals surface area contributed by atoms with Crippen molar-refractivity contribution >= 4 is 22.3 Å². The van der Waals surface area contributed by atoms with Crippen molar-refractivity contribution in [1.82, 2.24) is 0 Å². The third-order valence-electron chi connectivity index (χ3n) is 4.18. The average molecular weight is 266 g/mol. The highest BCUT2D eigenvalue weighted by Crippen LogP contribution is 2.25. The number of fused-ring (bicyclic) bond motifs is 1. The predicted octanol–water partition coefficient (Wildman–Crippen LogP) is 4.17. The lowest BCUT2D eigenvalue weighted by Crippen LogP contribution is -2.22. The van der Waals surface area contributed by atoms with Gasteiger partial charge in [-0.1, -0.05) is 42.8 Å². The van der Waals surface area contributed by atoms with E-state index in [2.05, 4.69) is 0 Å². The van der Waals surface area contributed by atoms with Gasteiger partial charge >= 0.3 is 0 Å². The molecule has 3 rings (SSSR count). The molecule has 0 amide bonds. The van der Waals surface area contributed by atoms with Crippen molar-refractivity contribution in [2.75, 3.05) is 0 Å². The van der Waals surface area contributed by atoms with Crippen LogP contribution in [0.1, 0.15) is 42.5 Å². The SMILES string of the molecule is O=C(C[C@@H]1CCCCC1=O)c1ccc2ccccc2c1. The second kappa shape index (κ2) is 5.58. The first kappa shape index (κ1) is 13.0. The van der Waals surface area contributed by atoms with Crippen LogP contribution in [0.4, 0.5) is 0 Å². The Balaban J connectivity index is 1.79. The first-order valence-corrected chi connectivity index (χ1v) is 7.29. The zero-order chi connectivity index (χ0) is 13.9. The summed E-state index contributed by atoms with van der Waals surface area (Å²) >= 11 is 0. The van der Waals surface area contributed by atoms with Gasteiger partial charge in [0.25, 0.3) is 0 Å². The van der Waals surface area contributed by atoms with E-state index in [1.807, 2.05) is 42.5 Å². The molecule has 0 unspecified atom stereocenters. The van der Waals surface area contributed by atoms with Crippen LogP contribution in [-0.4, -0.2) is 11.6 Å². The maximum Gasteiger partial charge on any atom is 0.163 e.